The molecule has 0 spiro atoms. The van der Waals surface area contributed by atoms with Crippen LogP contribution in [0.5, 0.6) is 17.2 Å². The van der Waals surface area contributed by atoms with Crippen molar-refractivity contribution in [3.8, 4) is 17.2 Å². The second-order valence-electron chi connectivity index (χ2n) is 20.4. The number of aryl methyl sites for hydroxylation is 3. The molecule has 0 radical (unpaired) electrons. The first-order chi connectivity index (χ1) is 35.7. The number of carbonyl (C=O) groups is 6. The molecule has 0 aliphatic carbocycles. The molecule has 4 aliphatic heterocycles. The van der Waals surface area contributed by atoms with E-state index in [0.29, 0.717) is 53.3 Å². The van der Waals surface area contributed by atoms with Crippen molar-refractivity contribution in [1.82, 2.24) is 5.32 Å². The fourth-order valence-electron chi connectivity index (χ4n) is 10.7. The van der Waals surface area contributed by atoms with Crippen LogP contribution in [0.4, 0.5) is 17.1 Å². The summed E-state index contributed by atoms with van der Waals surface area (Å²) in [5, 5.41) is 5.56. The second kappa shape index (κ2) is 22.9. The lowest BCUT2D eigenvalue weighted by atomic mass is 9.98. The van der Waals surface area contributed by atoms with E-state index in [0.717, 1.165) is 71.3 Å². The minimum Gasteiger partial charge on any atom is -0.493 e. The van der Waals surface area contributed by atoms with E-state index in [1.54, 1.807) is 34.8 Å². The third-order valence-electron chi connectivity index (χ3n) is 14.5. The van der Waals surface area contributed by atoms with Crippen LogP contribution in [0.15, 0.2) is 91.0 Å². The van der Waals surface area contributed by atoms with Gasteiger partial charge in [0.1, 0.15) is 24.7 Å². The average Bonchev–Trinajstić information content (AvgIpc) is 3.88. The normalized spacial score (nSPS) is 16.4. The smallest absolute Gasteiger partial charge is 0.258 e. The van der Waals surface area contributed by atoms with Crippen LogP contribution in [0.2, 0.25) is 0 Å². The number of nitrogens with zero attached hydrogens (tertiary/aromatic N) is 2. The number of ether oxygens (including phenoxy) is 3. The number of hydrogen-bond acceptors (Lipinski definition) is 11. The van der Waals surface area contributed by atoms with Crippen molar-refractivity contribution in [3.63, 3.8) is 0 Å². The van der Waals surface area contributed by atoms with Gasteiger partial charge in [-0.1, -0.05) is 58.0 Å². The zero-order chi connectivity index (χ0) is 52.1. The maximum absolute atomic E-state index is 14.1. The monoisotopic (exact) mass is 1040 g/mol. The Hall–Kier alpha value is -6.58. The molecule has 4 heterocycles. The highest BCUT2D eigenvalue weighted by Crippen LogP contribution is 2.42. The number of ketones is 2. The number of rotatable bonds is 21. The Morgan fingerprint density at radius 1 is 0.649 bits per heavy atom. The highest BCUT2D eigenvalue weighted by Gasteiger charge is 2.39. The predicted molar refractivity (Wildman–Crippen MR) is 292 cm³/mol. The molecule has 15 heteroatoms. The minimum atomic E-state index is -0.391. The number of para-hydroxylation sites is 2. The van der Waals surface area contributed by atoms with Gasteiger partial charge in [0, 0.05) is 77.1 Å². The van der Waals surface area contributed by atoms with Crippen LogP contribution in [-0.2, 0) is 58.1 Å². The molecule has 0 aromatic heterocycles. The molecule has 74 heavy (non-hydrogen) atoms. The van der Waals surface area contributed by atoms with Crippen molar-refractivity contribution < 1.29 is 43.0 Å². The number of methoxy groups -OCH3 is 1. The van der Waals surface area contributed by atoms with Gasteiger partial charge >= 0.3 is 0 Å². The molecule has 5 aromatic carbocycles. The molecule has 0 fully saturated rings. The van der Waals surface area contributed by atoms with Crippen molar-refractivity contribution in [2.75, 3.05) is 35.0 Å². The van der Waals surface area contributed by atoms with Crippen LogP contribution in [0.1, 0.15) is 125 Å². The van der Waals surface area contributed by atoms with Gasteiger partial charge in [0.25, 0.3) is 11.8 Å². The largest absolute Gasteiger partial charge is 0.493 e. The van der Waals surface area contributed by atoms with Crippen molar-refractivity contribution >= 4 is 73.8 Å². The summed E-state index contributed by atoms with van der Waals surface area (Å²) in [5.41, 5.74) is 10.2. The summed E-state index contributed by atoms with van der Waals surface area (Å²) in [6.07, 6.45) is 7.72. The summed E-state index contributed by atoms with van der Waals surface area (Å²) in [6.45, 7) is 6.11. The van der Waals surface area contributed by atoms with Gasteiger partial charge in [-0.2, -0.15) is 0 Å². The van der Waals surface area contributed by atoms with Crippen LogP contribution in [0.3, 0.4) is 0 Å². The van der Waals surface area contributed by atoms with E-state index in [-0.39, 0.29) is 91.6 Å². The number of nitrogens with one attached hydrogen (secondary N) is 2. The van der Waals surface area contributed by atoms with Gasteiger partial charge in [-0.05, 0) is 166 Å². The molecule has 0 unspecified atom stereocenters. The van der Waals surface area contributed by atoms with Crippen molar-refractivity contribution in [1.29, 1.82) is 0 Å². The maximum atomic E-state index is 14.1. The number of amides is 4. The van der Waals surface area contributed by atoms with Gasteiger partial charge in [0.15, 0.2) is 17.3 Å². The first kappa shape index (κ1) is 52.3. The fourth-order valence-corrected chi connectivity index (χ4v) is 12.9. The van der Waals surface area contributed by atoms with Gasteiger partial charge in [-0.15, -0.1) is 0 Å². The van der Waals surface area contributed by atoms with Crippen LogP contribution < -0.4 is 34.6 Å². The first-order valence-corrected chi connectivity index (χ1v) is 28.1. The maximum Gasteiger partial charge on any atom is 0.258 e. The van der Waals surface area contributed by atoms with Gasteiger partial charge in [0.05, 0.1) is 13.7 Å². The molecule has 9 rings (SSSR count). The topological polar surface area (TPSA) is 161 Å². The molecule has 4 amide bonds. The van der Waals surface area contributed by atoms with Gasteiger partial charge in [0.2, 0.25) is 11.8 Å². The lowest BCUT2D eigenvalue weighted by Crippen LogP contribution is -2.36. The van der Waals surface area contributed by atoms with E-state index in [1.807, 2.05) is 95.8 Å². The fraction of sp³-hybridized carbons (Fsp3) is 0.390. The molecule has 2 N–H and O–H groups in total. The van der Waals surface area contributed by atoms with Crippen molar-refractivity contribution in [2.45, 2.75) is 128 Å². The van der Waals surface area contributed by atoms with Gasteiger partial charge in [-0.3, -0.25) is 28.8 Å². The Bertz CT molecular complexity index is 3010. The second-order valence-corrected chi connectivity index (χ2v) is 23.5. The van der Waals surface area contributed by atoms with E-state index in [4.69, 9.17) is 14.2 Å². The van der Waals surface area contributed by atoms with E-state index in [2.05, 4.69) is 36.6 Å². The van der Waals surface area contributed by atoms with Crippen molar-refractivity contribution in [3.05, 3.63) is 141 Å². The number of carbonyl (C=O) groups excluding carboxylic acids is 6. The number of Topliss-reactive ketones (excluding diaryl/α,β-unsaturated/α-hetero) is 2. The molecule has 13 nitrogen and oxygen atoms in total. The number of hydrogen-bond donors (Lipinski definition) is 2. The molecule has 0 saturated heterocycles. The highest BCUT2D eigenvalue weighted by molar-refractivity contribution is 8.76. The number of anilines is 3. The lowest BCUT2D eigenvalue weighted by Gasteiger charge is -2.23. The molecule has 4 aliphatic rings. The minimum absolute atomic E-state index is 0.00264. The molecule has 5 aromatic rings. The van der Waals surface area contributed by atoms with Crippen LogP contribution >= 0.6 is 21.6 Å². The molecule has 0 bridgehead atoms. The summed E-state index contributed by atoms with van der Waals surface area (Å²) in [6, 6.07) is 29.5. The Kier molecular flexibility index (Phi) is 16.2. The predicted octanol–water partition coefficient (Wildman–Crippen LogP) is 10.5. The zero-order valence-corrected chi connectivity index (χ0v) is 44.4. The quantitative estimate of drug-likeness (QED) is 0.0673. The Morgan fingerprint density at radius 3 is 1.81 bits per heavy atom. The van der Waals surface area contributed by atoms with Gasteiger partial charge in [-0.25, -0.2) is 0 Å². The summed E-state index contributed by atoms with van der Waals surface area (Å²) in [5.74, 6) is 0.436. The van der Waals surface area contributed by atoms with E-state index in [9.17, 15) is 28.8 Å². The van der Waals surface area contributed by atoms with Gasteiger partial charge < -0.3 is 34.6 Å². The van der Waals surface area contributed by atoms with E-state index in [1.165, 1.54) is 11.1 Å². The van der Waals surface area contributed by atoms with Crippen molar-refractivity contribution in [2.24, 2.45) is 0 Å². The highest BCUT2D eigenvalue weighted by atomic mass is 33.1. The van der Waals surface area contributed by atoms with Crippen LogP contribution in [0.25, 0.3) is 0 Å². The Balaban J connectivity index is 0.874. The molecule has 2 atom stereocenters. The summed E-state index contributed by atoms with van der Waals surface area (Å²) in [4.78, 5) is 83.4. The SMILES string of the molecule is COc1cc2c(cc1OCc1cc(COc3cc4c(cc3C)C(=O)N3c5ccccc5C[C@H]3CC4)cc(NC(=O)CCC(=O)CNC(=O)CCC(=O)CCC(C)(C)SSC)c1)CC[C@@H]1Cc3ccccc3N1C2=O. The van der Waals surface area contributed by atoms with E-state index >= 15 is 0 Å². The summed E-state index contributed by atoms with van der Waals surface area (Å²) >= 11 is 0. The standard InChI is InChI=1S/C59H64N4O9S2/c1-36-24-48-39(14-16-44-28-41-10-6-8-12-50(41)62(44)57(48)68)30-52(36)71-34-37-25-38(27-43(26-37)61-56(67)21-19-47(65)33-60-55(66)20-18-46(64)22-23-59(2,3)74-73-5)35-72-54-31-40-15-17-45-29-42-11-7-9-13-51(42)63(45)58(69)49(40)32-53(54)70-4/h6-13,24-27,30-32,44-45H,14-23,28-29,33-35H2,1-5H3,(H,60,66)(H,61,67)/t44-,45-/m1/s1. The van der Waals surface area contributed by atoms with E-state index < -0.39 is 5.91 Å². The Labute approximate surface area is 441 Å². The third kappa shape index (κ3) is 12.0. The molecular weight excluding hydrogens is 973 g/mol. The molecule has 386 valence electrons. The summed E-state index contributed by atoms with van der Waals surface area (Å²) in [7, 11) is 4.93. The third-order valence-corrected chi connectivity index (χ3v) is 17.2. The number of benzene rings is 5. The lowest BCUT2D eigenvalue weighted by molar-refractivity contribution is -0.127. The average molecular weight is 1040 g/mol. The molecular formula is C59H64N4O9S2. The first-order valence-electron chi connectivity index (χ1n) is 25.5. The zero-order valence-electron chi connectivity index (χ0n) is 42.8. The molecule has 0 saturated carbocycles. The summed E-state index contributed by atoms with van der Waals surface area (Å²) < 4.78 is 18.8. The van der Waals surface area contributed by atoms with Crippen LogP contribution in [0, 0.1) is 6.92 Å². The van der Waals surface area contributed by atoms with Crippen LogP contribution in [-0.4, -0.2) is 71.9 Å². The number of fused-ring (bicyclic) bond motifs is 8. The Morgan fingerprint density at radius 2 is 1.20 bits per heavy atom.